The van der Waals surface area contributed by atoms with E-state index in [1.807, 2.05) is 47.2 Å². The molecule has 23 heavy (non-hydrogen) atoms. The van der Waals surface area contributed by atoms with Crippen molar-refractivity contribution in [3.05, 3.63) is 70.0 Å². The minimum atomic E-state index is -0.0396. The Hall–Kier alpha value is -2.86. The first-order chi connectivity index (χ1) is 11.1. The Morgan fingerprint density at radius 2 is 1.87 bits per heavy atom. The highest BCUT2D eigenvalue weighted by Gasteiger charge is 2.03. The van der Waals surface area contributed by atoms with Gasteiger partial charge >= 0.3 is 0 Å². The molecule has 6 heteroatoms. The Kier molecular flexibility index (Phi) is 4.25. The van der Waals surface area contributed by atoms with E-state index in [9.17, 15) is 10.2 Å². The number of aryl methyl sites for hydroxylation is 1. The topological polar surface area (TPSA) is 70.1 Å². The summed E-state index contributed by atoms with van der Waals surface area (Å²) >= 11 is 1.49. The number of benzene rings is 2. The molecule has 3 rings (SSSR count). The second kappa shape index (κ2) is 6.50. The van der Waals surface area contributed by atoms with Crippen molar-refractivity contribution in [3.8, 4) is 17.2 Å². The quantitative estimate of drug-likeness (QED) is 0.573. The van der Waals surface area contributed by atoms with Crippen LogP contribution >= 0.6 is 11.3 Å². The molecule has 0 bridgehead atoms. The molecule has 0 atom stereocenters. The van der Waals surface area contributed by atoms with Gasteiger partial charge < -0.3 is 10.2 Å². The minimum absolute atomic E-state index is 0.00684. The summed E-state index contributed by atoms with van der Waals surface area (Å²) < 4.78 is 2.01. The van der Waals surface area contributed by atoms with E-state index >= 15 is 0 Å². The van der Waals surface area contributed by atoms with E-state index in [0.717, 1.165) is 16.2 Å². The van der Waals surface area contributed by atoms with Gasteiger partial charge in [0, 0.05) is 28.4 Å². The highest BCUT2D eigenvalue weighted by atomic mass is 32.1. The molecule has 5 nitrogen and oxygen atoms in total. The third-order valence-electron chi connectivity index (χ3n) is 3.25. The van der Waals surface area contributed by atoms with Crippen LogP contribution in [0.5, 0.6) is 11.5 Å². The number of nitrogens with zero attached hydrogens (tertiary/aromatic N) is 3. The molecule has 0 unspecified atom stereocenters. The largest absolute Gasteiger partial charge is 0.508 e. The second-order valence-corrected chi connectivity index (χ2v) is 5.75. The number of hydrogen-bond donors (Lipinski definition) is 2. The van der Waals surface area contributed by atoms with Crippen molar-refractivity contribution >= 4 is 17.6 Å². The normalized spacial score (nSPS) is 12.1. The smallest absolute Gasteiger partial charge is 0.215 e. The first-order valence-electron chi connectivity index (χ1n) is 6.97. The van der Waals surface area contributed by atoms with Crippen LogP contribution < -0.4 is 4.80 Å². The van der Waals surface area contributed by atoms with E-state index in [-0.39, 0.29) is 11.5 Å². The molecule has 0 fully saturated rings. The number of thiazole rings is 1. The third kappa shape index (κ3) is 3.32. The van der Waals surface area contributed by atoms with Gasteiger partial charge in [-0.05, 0) is 31.2 Å². The van der Waals surface area contributed by atoms with Crippen LogP contribution in [0.4, 0.5) is 0 Å². The third-order valence-corrected chi connectivity index (χ3v) is 4.18. The fourth-order valence-corrected chi connectivity index (χ4v) is 2.97. The molecule has 0 aliphatic carbocycles. The number of phenols is 2. The van der Waals surface area contributed by atoms with Gasteiger partial charge in [0.25, 0.3) is 0 Å². The van der Waals surface area contributed by atoms with Crippen LogP contribution in [-0.4, -0.2) is 21.0 Å². The molecule has 0 amide bonds. The molecule has 1 heterocycles. The van der Waals surface area contributed by atoms with Gasteiger partial charge in [0.2, 0.25) is 4.80 Å². The summed E-state index contributed by atoms with van der Waals surface area (Å²) in [7, 11) is 0. The first kappa shape index (κ1) is 15.1. The van der Waals surface area contributed by atoms with Crippen molar-refractivity contribution in [2.24, 2.45) is 10.2 Å². The molecule has 0 spiro atoms. The van der Waals surface area contributed by atoms with Crippen molar-refractivity contribution in [3.63, 3.8) is 0 Å². The highest BCUT2D eigenvalue weighted by molar-refractivity contribution is 7.07. The number of phenolic OH excluding ortho intramolecular Hbond substituents is 2. The van der Waals surface area contributed by atoms with Crippen LogP contribution in [0.2, 0.25) is 0 Å². The highest BCUT2D eigenvalue weighted by Crippen LogP contribution is 2.20. The van der Waals surface area contributed by atoms with Gasteiger partial charge in [-0.3, -0.25) is 4.57 Å². The van der Waals surface area contributed by atoms with Crippen molar-refractivity contribution in [1.29, 1.82) is 0 Å². The summed E-state index contributed by atoms with van der Waals surface area (Å²) in [6.45, 7) is 2.01. The lowest BCUT2D eigenvalue weighted by molar-refractivity contribution is 0.450. The van der Waals surface area contributed by atoms with E-state index in [0.29, 0.717) is 5.56 Å². The standard InChI is InChI=1S/C17H15N3O2S/c1-12-11-23-17(20(12)14-5-3-2-4-6-14)19-18-10-13-7-8-15(21)9-16(13)22/h2-11,21-22H,1H3/b18-10+,19-17+. The molecular weight excluding hydrogens is 310 g/mol. The minimum Gasteiger partial charge on any atom is -0.508 e. The lowest BCUT2D eigenvalue weighted by Crippen LogP contribution is -2.13. The van der Waals surface area contributed by atoms with Crippen molar-refractivity contribution in [2.45, 2.75) is 6.92 Å². The Labute approximate surface area is 137 Å². The number of rotatable bonds is 3. The Bertz CT molecular complexity index is 911. The molecule has 0 saturated heterocycles. The Morgan fingerprint density at radius 3 is 2.61 bits per heavy atom. The summed E-state index contributed by atoms with van der Waals surface area (Å²) in [5, 5.41) is 29.3. The molecule has 0 aliphatic heterocycles. The number of aromatic nitrogens is 1. The fraction of sp³-hybridized carbons (Fsp3) is 0.0588. The van der Waals surface area contributed by atoms with Crippen LogP contribution in [0.3, 0.4) is 0 Å². The number of hydrogen-bond acceptors (Lipinski definition) is 5. The number of aromatic hydroxyl groups is 2. The molecular formula is C17H15N3O2S. The van der Waals surface area contributed by atoms with Crippen molar-refractivity contribution < 1.29 is 10.2 Å². The van der Waals surface area contributed by atoms with E-state index < -0.39 is 0 Å². The SMILES string of the molecule is Cc1cs/c(=N/N=C/c2ccc(O)cc2O)n1-c1ccccc1. The van der Waals surface area contributed by atoms with Gasteiger partial charge in [-0.15, -0.1) is 16.4 Å². The van der Waals surface area contributed by atoms with Gasteiger partial charge in [0.15, 0.2) is 0 Å². The van der Waals surface area contributed by atoms with Gasteiger partial charge in [-0.2, -0.15) is 5.10 Å². The fourth-order valence-electron chi connectivity index (χ4n) is 2.14. The predicted molar refractivity (Wildman–Crippen MR) is 91.3 cm³/mol. The van der Waals surface area contributed by atoms with Gasteiger partial charge in [0.1, 0.15) is 11.5 Å². The zero-order valence-corrected chi connectivity index (χ0v) is 13.2. The molecule has 2 N–H and O–H groups in total. The lowest BCUT2D eigenvalue weighted by atomic mass is 10.2. The second-order valence-electron chi connectivity index (χ2n) is 4.92. The monoisotopic (exact) mass is 325 g/mol. The zero-order chi connectivity index (χ0) is 16.2. The zero-order valence-electron chi connectivity index (χ0n) is 12.4. The van der Waals surface area contributed by atoms with E-state index in [4.69, 9.17) is 0 Å². The summed E-state index contributed by atoms with van der Waals surface area (Å²) in [5.74, 6) is -0.0327. The molecule has 116 valence electrons. The number of para-hydroxylation sites is 1. The van der Waals surface area contributed by atoms with Crippen LogP contribution in [-0.2, 0) is 0 Å². The molecule has 1 aromatic heterocycles. The maximum absolute atomic E-state index is 9.73. The van der Waals surface area contributed by atoms with Crippen LogP contribution in [0.25, 0.3) is 5.69 Å². The maximum atomic E-state index is 9.73. The summed E-state index contributed by atoms with van der Waals surface area (Å²) in [4.78, 5) is 0.739. The molecule has 0 radical (unpaired) electrons. The van der Waals surface area contributed by atoms with E-state index in [1.165, 1.54) is 29.7 Å². The average Bonchev–Trinajstić information content (AvgIpc) is 2.91. The lowest BCUT2D eigenvalue weighted by Gasteiger charge is -2.04. The van der Waals surface area contributed by atoms with E-state index in [1.54, 1.807) is 6.07 Å². The summed E-state index contributed by atoms with van der Waals surface area (Å²) in [6.07, 6.45) is 1.46. The Balaban J connectivity index is 1.97. The molecule has 0 aliphatic rings. The van der Waals surface area contributed by atoms with Crippen LogP contribution in [0, 0.1) is 6.92 Å². The van der Waals surface area contributed by atoms with Crippen LogP contribution in [0.1, 0.15) is 11.3 Å². The molecule has 0 saturated carbocycles. The van der Waals surface area contributed by atoms with E-state index in [2.05, 4.69) is 10.2 Å². The van der Waals surface area contributed by atoms with Crippen molar-refractivity contribution in [2.75, 3.05) is 0 Å². The van der Waals surface area contributed by atoms with Gasteiger partial charge in [0.05, 0.1) is 6.21 Å². The van der Waals surface area contributed by atoms with Crippen LogP contribution in [0.15, 0.2) is 64.1 Å². The first-order valence-corrected chi connectivity index (χ1v) is 7.85. The average molecular weight is 325 g/mol. The summed E-state index contributed by atoms with van der Waals surface area (Å²) in [5.41, 5.74) is 2.58. The maximum Gasteiger partial charge on any atom is 0.215 e. The van der Waals surface area contributed by atoms with Crippen molar-refractivity contribution in [1.82, 2.24) is 4.57 Å². The predicted octanol–water partition coefficient (Wildman–Crippen LogP) is 3.19. The molecule has 3 aromatic rings. The van der Waals surface area contributed by atoms with Gasteiger partial charge in [-0.1, -0.05) is 18.2 Å². The summed E-state index contributed by atoms with van der Waals surface area (Å²) in [6, 6.07) is 14.3. The Morgan fingerprint density at radius 1 is 1.09 bits per heavy atom. The van der Waals surface area contributed by atoms with Gasteiger partial charge in [-0.25, -0.2) is 0 Å². The molecule has 2 aromatic carbocycles.